The number of carboxylic acids is 1. The summed E-state index contributed by atoms with van der Waals surface area (Å²) in [6.07, 6.45) is 48.1. The molecule has 2 amide bonds. The van der Waals surface area contributed by atoms with E-state index in [1.54, 1.807) is 6.08 Å². The van der Waals surface area contributed by atoms with E-state index in [1.165, 1.54) is 289 Å². The lowest BCUT2D eigenvalue weighted by Gasteiger charge is -2.50. The summed E-state index contributed by atoms with van der Waals surface area (Å²) in [5.41, 5.74) is 0. The number of aliphatic hydroxyl groups excluding tert-OH is 11. The first-order valence-corrected chi connectivity index (χ1v) is 45.2. The van der Waals surface area contributed by atoms with Crippen molar-refractivity contribution in [1.29, 1.82) is 0 Å². The van der Waals surface area contributed by atoms with Gasteiger partial charge in [0.2, 0.25) is 11.8 Å². The van der Waals surface area contributed by atoms with Crippen molar-refractivity contribution in [2.75, 3.05) is 26.4 Å². The first kappa shape index (κ1) is 102. The lowest BCUT2D eigenvalue weighted by molar-refractivity contribution is -0.386. The Morgan fingerprint density at radius 1 is 0.468 bits per heavy atom. The number of allylic oxidation sites excluding steroid dienone is 3. The molecule has 0 aromatic carbocycles. The van der Waals surface area contributed by atoms with Gasteiger partial charge in [0.25, 0.3) is 5.79 Å². The maximum Gasteiger partial charge on any atom is 0.364 e. The summed E-state index contributed by atoms with van der Waals surface area (Å²) in [7, 11) is 0. The van der Waals surface area contributed by atoms with E-state index in [9.17, 15) is 75.7 Å². The molecular weight excluding hydrogens is 1420 g/mol. The van der Waals surface area contributed by atoms with Crippen LogP contribution in [0.4, 0.5) is 0 Å². The molecule has 23 heteroatoms. The Hall–Kier alpha value is -2.79. The van der Waals surface area contributed by atoms with Crippen LogP contribution in [-0.4, -0.2) is 215 Å². The number of carbonyl (C=O) groups is 3. The average molecular weight is 1590 g/mol. The van der Waals surface area contributed by atoms with Crippen LogP contribution >= 0.6 is 0 Å². The number of amides is 2. The Morgan fingerprint density at radius 3 is 1.23 bits per heavy atom. The zero-order valence-electron chi connectivity index (χ0n) is 69.6. The molecule has 14 N–H and O–H groups in total. The fraction of sp³-hybridized carbons (Fsp3) is 0.920. The summed E-state index contributed by atoms with van der Waals surface area (Å²) in [6.45, 7) is 2.21. The van der Waals surface area contributed by atoms with Crippen molar-refractivity contribution >= 4 is 17.8 Å². The fourth-order valence-electron chi connectivity index (χ4n) is 15.8. The highest BCUT2D eigenvalue weighted by atomic mass is 16.8. The molecule has 0 spiro atoms. The maximum absolute atomic E-state index is 13.6. The van der Waals surface area contributed by atoms with Crippen molar-refractivity contribution in [2.24, 2.45) is 0 Å². The van der Waals surface area contributed by atoms with Crippen LogP contribution in [0.3, 0.4) is 0 Å². The van der Waals surface area contributed by atoms with E-state index in [1.807, 2.05) is 6.08 Å². The molecule has 3 saturated heterocycles. The highest BCUT2D eigenvalue weighted by Crippen LogP contribution is 2.39. The second-order valence-electron chi connectivity index (χ2n) is 32.8. The molecule has 18 unspecified atom stereocenters. The number of aliphatic carboxylic acids is 1. The quantitative estimate of drug-likeness (QED) is 0.0199. The zero-order valence-corrected chi connectivity index (χ0v) is 69.6. The van der Waals surface area contributed by atoms with Crippen molar-refractivity contribution in [2.45, 2.75) is 490 Å². The Balaban J connectivity index is 1.42. The molecule has 0 aliphatic carbocycles. The van der Waals surface area contributed by atoms with Crippen molar-refractivity contribution in [1.82, 2.24) is 10.6 Å². The predicted molar refractivity (Wildman–Crippen MR) is 435 cm³/mol. The van der Waals surface area contributed by atoms with Gasteiger partial charge < -0.3 is 100 Å². The van der Waals surface area contributed by atoms with Gasteiger partial charge in [0.1, 0.15) is 67.1 Å². The Morgan fingerprint density at radius 2 is 0.847 bits per heavy atom. The summed E-state index contributed by atoms with van der Waals surface area (Å²) < 4.78 is 35.0. The van der Waals surface area contributed by atoms with Gasteiger partial charge in [0, 0.05) is 19.8 Å². The van der Waals surface area contributed by atoms with Gasteiger partial charge in [-0.15, -0.1) is 0 Å². The second kappa shape index (κ2) is 66.2. The van der Waals surface area contributed by atoms with Crippen LogP contribution in [0.25, 0.3) is 0 Å². The summed E-state index contributed by atoms with van der Waals surface area (Å²) >= 11 is 0. The molecule has 0 bridgehead atoms. The molecule has 3 rings (SSSR count). The van der Waals surface area contributed by atoms with E-state index in [0.717, 1.165) is 51.9 Å². The molecule has 23 nitrogen and oxygen atoms in total. The Labute approximate surface area is 670 Å². The van der Waals surface area contributed by atoms with E-state index < -0.39 is 155 Å². The number of hydrogen-bond donors (Lipinski definition) is 14. The normalized spacial score (nSPS) is 25.5. The standard InChI is InChI=1S/C88H164N2O21/c1-4-6-8-10-12-14-16-18-20-22-24-26-27-28-29-30-31-32-33-34-35-36-37-38-39-40-41-42-44-46-48-50-52-54-56-58-60-62-75(98)90-69(70(95)61-59-57-55-53-51-49-47-45-43-25-23-21-19-17-15-13-11-9-7-5-2)67-106-85-80(102)79(101)82(74(66-93)108-85)109-86-81(103)84(78(100)73(65-92)107-86)111-88(87(104)105)63-71(96)76(89-68(3)94)83(110-88)77(99)72(97)64-91/h32-33,59,61,69-74,76-86,91-93,95-97,99-103H,4-31,34-58,60,62-67H2,1-3H3,(H,89,94)(H,90,98)(H,104,105)/b33-32-,61-59+. The third kappa shape index (κ3) is 45.1. The van der Waals surface area contributed by atoms with Crippen molar-refractivity contribution in [3.05, 3.63) is 24.3 Å². The van der Waals surface area contributed by atoms with E-state index in [4.69, 9.17) is 28.4 Å². The van der Waals surface area contributed by atoms with Gasteiger partial charge in [0.05, 0.1) is 50.7 Å². The number of carbonyl (C=O) groups excluding carboxylic acids is 2. The van der Waals surface area contributed by atoms with Gasteiger partial charge in [-0.25, -0.2) is 4.79 Å². The number of aliphatic hydroxyl groups is 11. The van der Waals surface area contributed by atoms with Crippen LogP contribution in [0.1, 0.15) is 380 Å². The molecule has 0 saturated carbocycles. The number of nitrogens with one attached hydrogen (secondary N) is 2. The number of rotatable bonds is 73. The molecule has 3 heterocycles. The summed E-state index contributed by atoms with van der Waals surface area (Å²) in [6, 6.07) is -2.62. The number of hydrogen-bond acceptors (Lipinski definition) is 20. The van der Waals surface area contributed by atoms with Crippen LogP contribution in [0.2, 0.25) is 0 Å². The monoisotopic (exact) mass is 1590 g/mol. The van der Waals surface area contributed by atoms with E-state index >= 15 is 0 Å². The van der Waals surface area contributed by atoms with Gasteiger partial charge in [-0.1, -0.05) is 340 Å². The maximum atomic E-state index is 13.6. The van der Waals surface area contributed by atoms with E-state index in [0.29, 0.717) is 12.8 Å². The minimum atomic E-state index is -3.08. The molecule has 111 heavy (non-hydrogen) atoms. The highest BCUT2D eigenvalue weighted by Gasteiger charge is 2.60. The molecule has 0 radical (unpaired) electrons. The molecule has 18 atom stereocenters. The summed E-state index contributed by atoms with van der Waals surface area (Å²) in [5, 5.41) is 137. The fourth-order valence-corrected chi connectivity index (χ4v) is 15.8. The molecular formula is C88H164N2O21. The van der Waals surface area contributed by atoms with Gasteiger partial charge in [0.15, 0.2) is 12.6 Å². The van der Waals surface area contributed by atoms with Crippen molar-refractivity contribution < 1.29 is 104 Å². The largest absolute Gasteiger partial charge is 0.477 e. The zero-order chi connectivity index (χ0) is 81.0. The van der Waals surface area contributed by atoms with Crippen LogP contribution in [0.5, 0.6) is 0 Å². The number of unbranched alkanes of at least 4 members (excludes halogenated alkanes) is 51. The third-order valence-corrected chi connectivity index (χ3v) is 22.9. The van der Waals surface area contributed by atoms with Gasteiger partial charge >= 0.3 is 5.97 Å². The molecule has 3 aliphatic rings. The highest BCUT2D eigenvalue weighted by molar-refractivity contribution is 5.77. The summed E-state index contributed by atoms with van der Waals surface area (Å²) in [4.78, 5) is 38.8. The number of carboxylic acid groups (broad SMARTS) is 1. The average Bonchev–Trinajstić information content (AvgIpc) is 0.753. The van der Waals surface area contributed by atoms with Gasteiger partial charge in [-0.05, 0) is 44.9 Å². The first-order chi connectivity index (χ1) is 53.9. The minimum Gasteiger partial charge on any atom is -0.477 e. The van der Waals surface area contributed by atoms with Gasteiger partial charge in [-0.2, -0.15) is 0 Å². The Kier molecular flexibility index (Phi) is 61.0. The lowest BCUT2D eigenvalue weighted by atomic mass is 9.88. The van der Waals surface area contributed by atoms with E-state index in [-0.39, 0.29) is 12.3 Å². The van der Waals surface area contributed by atoms with Crippen LogP contribution in [0.15, 0.2) is 24.3 Å². The molecule has 3 fully saturated rings. The topological polar surface area (TPSA) is 373 Å². The molecule has 652 valence electrons. The van der Waals surface area contributed by atoms with Gasteiger partial charge in [-0.3, -0.25) is 9.59 Å². The van der Waals surface area contributed by atoms with Crippen molar-refractivity contribution in [3.8, 4) is 0 Å². The third-order valence-electron chi connectivity index (χ3n) is 22.9. The number of ether oxygens (including phenoxy) is 6. The van der Waals surface area contributed by atoms with Crippen molar-refractivity contribution in [3.63, 3.8) is 0 Å². The predicted octanol–water partition coefficient (Wildman–Crippen LogP) is 14.3. The molecule has 0 aromatic heterocycles. The first-order valence-electron chi connectivity index (χ1n) is 45.2. The lowest BCUT2D eigenvalue weighted by Crippen LogP contribution is -2.70. The Bertz CT molecular complexity index is 2290. The second-order valence-corrected chi connectivity index (χ2v) is 32.8. The SMILES string of the molecule is CCCCCCCCCCCCCCCCCC/C=C\CCCCCCCCCCCCCCCCCCCC(=O)NC(COC1OC(CO)C(OC2OC(CO)C(O)C(OC3(C(=O)O)CC(O)C(NC(C)=O)C(C(O)C(O)CO)O3)C2O)C(O)C1O)C(O)/C=C/CCCCCCCCCCCCCCCCCCCC. The van der Waals surface area contributed by atoms with Crippen LogP contribution in [0, 0.1) is 0 Å². The minimum absolute atomic E-state index is 0.204. The molecule has 0 aromatic rings. The molecule has 3 aliphatic heterocycles. The smallest absolute Gasteiger partial charge is 0.364 e. The summed E-state index contributed by atoms with van der Waals surface area (Å²) in [5.74, 6) is -6.13. The van der Waals surface area contributed by atoms with Crippen LogP contribution < -0.4 is 10.6 Å². The van der Waals surface area contributed by atoms with E-state index in [2.05, 4.69) is 36.6 Å². The van der Waals surface area contributed by atoms with Crippen LogP contribution in [-0.2, 0) is 42.8 Å².